The van der Waals surface area contributed by atoms with Crippen LogP contribution >= 0.6 is 34.5 Å². The molecule has 0 fully saturated rings. The van der Waals surface area contributed by atoms with Crippen LogP contribution in [0.15, 0.2) is 18.3 Å². The van der Waals surface area contributed by atoms with Crippen LogP contribution in [0.1, 0.15) is 10.4 Å². The molecule has 16 heavy (non-hydrogen) atoms. The lowest BCUT2D eigenvalue weighted by Crippen LogP contribution is -2.11. The highest BCUT2D eigenvalue weighted by atomic mass is 35.5. The minimum Gasteiger partial charge on any atom is -0.305 e. The number of aryl methyl sites for hydroxylation is 1. The maximum Gasteiger partial charge on any atom is 0.259 e. The molecule has 0 atom stereocenters. The zero-order chi connectivity index (χ0) is 11.7. The molecule has 0 aliphatic rings. The quantitative estimate of drug-likeness (QED) is 0.916. The van der Waals surface area contributed by atoms with Gasteiger partial charge < -0.3 is 5.32 Å². The maximum atomic E-state index is 11.8. The number of amides is 1. The number of hydrogen-bond donors (Lipinski definition) is 1. The number of nitrogens with one attached hydrogen (secondary N) is 1. The summed E-state index contributed by atoms with van der Waals surface area (Å²) in [7, 11) is 1.77. The summed E-state index contributed by atoms with van der Waals surface area (Å²) in [6.07, 6.45) is 1.73. The van der Waals surface area contributed by atoms with Crippen LogP contribution in [-0.2, 0) is 7.05 Å². The van der Waals surface area contributed by atoms with Crippen molar-refractivity contribution in [1.29, 1.82) is 0 Å². The zero-order valence-electron chi connectivity index (χ0n) is 8.20. The van der Waals surface area contributed by atoms with Crippen LogP contribution in [0.5, 0.6) is 0 Å². The van der Waals surface area contributed by atoms with E-state index < -0.39 is 0 Å². The number of aromatic nitrogens is 2. The van der Waals surface area contributed by atoms with E-state index in [9.17, 15) is 4.79 Å². The Balaban J connectivity index is 2.17. The standard InChI is InChI=1S/C9H7Cl2N3OS/c1-14-3-2-7(13-14)12-9(15)5-4-6(10)16-8(5)11/h2-4H,1H3,(H,12,13,15). The van der Waals surface area contributed by atoms with E-state index >= 15 is 0 Å². The first kappa shape index (κ1) is 11.4. The van der Waals surface area contributed by atoms with Gasteiger partial charge in [-0.3, -0.25) is 9.48 Å². The maximum absolute atomic E-state index is 11.8. The van der Waals surface area contributed by atoms with Gasteiger partial charge in [0.1, 0.15) is 4.34 Å². The van der Waals surface area contributed by atoms with E-state index in [0.29, 0.717) is 20.1 Å². The molecule has 2 aromatic heterocycles. The van der Waals surface area contributed by atoms with Gasteiger partial charge in [0.15, 0.2) is 5.82 Å². The smallest absolute Gasteiger partial charge is 0.259 e. The third kappa shape index (κ3) is 2.37. The zero-order valence-corrected chi connectivity index (χ0v) is 10.5. The van der Waals surface area contributed by atoms with Crippen LogP contribution in [0.25, 0.3) is 0 Å². The Morgan fingerprint density at radius 3 is 2.81 bits per heavy atom. The largest absolute Gasteiger partial charge is 0.305 e. The second kappa shape index (κ2) is 4.45. The SMILES string of the molecule is Cn1ccc(NC(=O)c2cc(Cl)sc2Cl)n1. The fourth-order valence-electron chi connectivity index (χ4n) is 1.16. The highest BCUT2D eigenvalue weighted by molar-refractivity contribution is 7.20. The molecule has 0 bridgehead atoms. The van der Waals surface area contributed by atoms with Crippen molar-refractivity contribution in [2.75, 3.05) is 5.32 Å². The summed E-state index contributed by atoms with van der Waals surface area (Å²) in [5.41, 5.74) is 0.363. The minimum absolute atomic E-state index is 0.313. The number of thiophene rings is 1. The normalized spacial score (nSPS) is 10.4. The third-order valence-electron chi connectivity index (χ3n) is 1.86. The Labute approximate surface area is 106 Å². The Morgan fingerprint density at radius 2 is 2.31 bits per heavy atom. The Kier molecular flexibility index (Phi) is 3.18. The summed E-state index contributed by atoms with van der Waals surface area (Å²) in [4.78, 5) is 11.8. The van der Waals surface area contributed by atoms with Crippen molar-refractivity contribution >= 4 is 46.3 Å². The van der Waals surface area contributed by atoms with Crippen LogP contribution in [0.3, 0.4) is 0 Å². The summed E-state index contributed by atoms with van der Waals surface area (Å²) in [6.45, 7) is 0. The summed E-state index contributed by atoms with van der Waals surface area (Å²) in [5, 5.41) is 6.65. The van der Waals surface area contributed by atoms with Crippen molar-refractivity contribution < 1.29 is 4.79 Å². The van der Waals surface area contributed by atoms with E-state index in [4.69, 9.17) is 23.2 Å². The molecular formula is C9H7Cl2N3OS. The highest BCUT2D eigenvalue weighted by Gasteiger charge is 2.14. The highest BCUT2D eigenvalue weighted by Crippen LogP contribution is 2.31. The van der Waals surface area contributed by atoms with Gasteiger partial charge in [-0.1, -0.05) is 23.2 Å². The van der Waals surface area contributed by atoms with E-state index in [1.54, 1.807) is 24.0 Å². The van der Waals surface area contributed by atoms with E-state index in [1.165, 1.54) is 6.07 Å². The van der Waals surface area contributed by atoms with Gasteiger partial charge in [-0.05, 0) is 6.07 Å². The number of carbonyl (C=O) groups is 1. The molecule has 2 heterocycles. The van der Waals surface area contributed by atoms with Gasteiger partial charge in [0.05, 0.1) is 9.90 Å². The summed E-state index contributed by atoms with van der Waals surface area (Å²) >= 11 is 12.8. The van der Waals surface area contributed by atoms with Crippen molar-refractivity contribution in [1.82, 2.24) is 9.78 Å². The van der Waals surface area contributed by atoms with E-state index in [1.807, 2.05) is 0 Å². The molecule has 1 N–H and O–H groups in total. The minimum atomic E-state index is -0.313. The molecule has 0 aromatic carbocycles. The predicted molar refractivity (Wildman–Crippen MR) is 65.5 cm³/mol. The first-order valence-corrected chi connectivity index (χ1v) is 5.89. The van der Waals surface area contributed by atoms with Gasteiger partial charge in [-0.2, -0.15) is 5.10 Å². The summed E-state index contributed by atoms with van der Waals surface area (Å²) in [5.74, 6) is 0.165. The average Bonchev–Trinajstić information content (AvgIpc) is 2.73. The predicted octanol–water partition coefficient (Wildman–Crippen LogP) is 3.04. The molecule has 0 saturated heterocycles. The van der Waals surface area contributed by atoms with Crippen LogP contribution in [0.2, 0.25) is 8.67 Å². The molecule has 0 spiro atoms. The second-order valence-electron chi connectivity index (χ2n) is 3.07. The van der Waals surface area contributed by atoms with Gasteiger partial charge >= 0.3 is 0 Å². The van der Waals surface area contributed by atoms with Gasteiger partial charge in [-0.25, -0.2) is 0 Å². The topological polar surface area (TPSA) is 46.9 Å². The molecule has 2 aromatic rings. The van der Waals surface area contributed by atoms with Crippen LogP contribution in [0, 0.1) is 0 Å². The van der Waals surface area contributed by atoms with Crippen molar-refractivity contribution in [3.63, 3.8) is 0 Å². The number of rotatable bonds is 2. The number of carbonyl (C=O) groups excluding carboxylic acids is 1. The van der Waals surface area contributed by atoms with Gasteiger partial charge in [0.2, 0.25) is 0 Å². The molecular weight excluding hydrogens is 269 g/mol. The first-order chi connectivity index (χ1) is 7.56. The molecule has 0 radical (unpaired) electrons. The van der Waals surface area contributed by atoms with Crippen LogP contribution in [-0.4, -0.2) is 15.7 Å². The molecule has 0 saturated carbocycles. The number of nitrogens with zero attached hydrogens (tertiary/aromatic N) is 2. The lowest BCUT2D eigenvalue weighted by Gasteiger charge is -1.99. The van der Waals surface area contributed by atoms with Crippen molar-refractivity contribution in [3.05, 3.63) is 32.6 Å². The fourth-order valence-corrected chi connectivity index (χ4v) is 2.62. The average molecular weight is 276 g/mol. The van der Waals surface area contributed by atoms with Gasteiger partial charge in [-0.15, -0.1) is 11.3 Å². The molecule has 4 nitrogen and oxygen atoms in total. The van der Waals surface area contributed by atoms with Crippen molar-refractivity contribution in [3.8, 4) is 0 Å². The lowest BCUT2D eigenvalue weighted by atomic mass is 10.3. The molecule has 2 rings (SSSR count). The molecule has 0 aliphatic carbocycles. The fraction of sp³-hybridized carbons (Fsp3) is 0.111. The monoisotopic (exact) mass is 275 g/mol. The van der Waals surface area contributed by atoms with Gasteiger partial charge in [0.25, 0.3) is 5.91 Å². The molecule has 84 valence electrons. The first-order valence-electron chi connectivity index (χ1n) is 4.32. The Bertz CT molecular complexity index is 535. The van der Waals surface area contributed by atoms with E-state index in [-0.39, 0.29) is 5.91 Å². The van der Waals surface area contributed by atoms with E-state index in [0.717, 1.165) is 11.3 Å². The molecule has 0 unspecified atom stereocenters. The lowest BCUT2D eigenvalue weighted by molar-refractivity contribution is 0.102. The molecule has 7 heteroatoms. The van der Waals surface area contributed by atoms with Crippen molar-refractivity contribution in [2.24, 2.45) is 7.05 Å². The summed E-state index contributed by atoms with van der Waals surface area (Å²) < 4.78 is 2.45. The molecule has 0 aliphatic heterocycles. The Morgan fingerprint density at radius 1 is 1.56 bits per heavy atom. The van der Waals surface area contributed by atoms with Crippen molar-refractivity contribution in [2.45, 2.75) is 0 Å². The van der Waals surface area contributed by atoms with Gasteiger partial charge in [0, 0.05) is 19.3 Å². The number of halogens is 2. The van der Waals surface area contributed by atoms with Crippen LogP contribution < -0.4 is 5.32 Å². The second-order valence-corrected chi connectivity index (χ2v) is 5.35. The Hall–Kier alpha value is -1.04. The molecule has 1 amide bonds. The summed E-state index contributed by atoms with van der Waals surface area (Å²) in [6, 6.07) is 3.23. The number of anilines is 1. The third-order valence-corrected chi connectivity index (χ3v) is 3.34. The number of hydrogen-bond acceptors (Lipinski definition) is 3. The van der Waals surface area contributed by atoms with E-state index in [2.05, 4.69) is 10.4 Å². The van der Waals surface area contributed by atoms with Crippen LogP contribution in [0.4, 0.5) is 5.82 Å².